The largest absolute Gasteiger partial charge is 0.454 e. The Morgan fingerprint density at radius 3 is 2.58 bits per heavy atom. The molecule has 0 aromatic carbocycles. The van der Waals surface area contributed by atoms with Gasteiger partial charge in [-0.1, -0.05) is 5.16 Å². The number of nitrogens with one attached hydrogen (secondary N) is 1. The standard InChI is InChI=1S/C22H27N5O7S2/c1-7-12(19(30)34-22(3,4)5)33-20(31)15-10(2)8-35-18-14(17(29)27(15)18)25-16(28)13(26-32-6)11-9-36-21(23)24-11/h7,9,14,18H,8H2,1-6H3,(H2,23,24)(H,25,28)/b12-7-,26-13-/t14-,18-/m1/s1. The van der Waals surface area contributed by atoms with Gasteiger partial charge in [0.25, 0.3) is 11.8 Å². The van der Waals surface area contributed by atoms with Crippen LogP contribution < -0.4 is 11.1 Å². The molecule has 0 radical (unpaired) electrons. The van der Waals surface area contributed by atoms with Crippen molar-refractivity contribution in [2.75, 3.05) is 18.6 Å². The number of nitrogen functional groups attached to an aromatic ring is 1. The van der Waals surface area contributed by atoms with Crippen LogP contribution in [0.5, 0.6) is 0 Å². The maximum atomic E-state index is 13.0. The lowest BCUT2D eigenvalue weighted by Gasteiger charge is -2.49. The van der Waals surface area contributed by atoms with Crippen LogP contribution in [0.2, 0.25) is 0 Å². The molecule has 2 aliphatic rings. The number of amides is 2. The number of thioether (sulfide) groups is 1. The normalized spacial score (nSPS) is 20.4. The number of anilines is 1. The summed E-state index contributed by atoms with van der Waals surface area (Å²) >= 11 is 2.50. The minimum atomic E-state index is -0.927. The average Bonchev–Trinajstić information content (AvgIpc) is 3.23. The van der Waals surface area contributed by atoms with Gasteiger partial charge in [0.1, 0.15) is 35.5 Å². The van der Waals surface area contributed by atoms with Crippen LogP contribution in [0, 0.1) is 0 Å². The van der Waals surface area contributed by atoms with E-state index in [1.165, 1.54) is 36.8 Å². The summed E-state index contributed by atoms with van der Waals surface area (Å²) in [6.07, 6.45) is 1.32. The van der Waals surface area contributed by atoms with E-state index in [-0.39, 0.29) is 28.0 Å². The van der Waals surface area contributed by atoms with Crippen molar-refractivity contribution in [1.82, 2.24) is 15.2 Å². The molecular formula is C22H27N5O7S2. The third-order valence-corrected chi connectivity index (χ3v) is 6.96. The van der Waals surface area contributed by atoms with Crippen LogP contribution in [0.25, 0.3) is 0 Å². The van der Waals surface area contributed by atoms with E-state index in [4.69, 9.17) is 20.0 Å². The van der Waals surface area contributed by atoms with E-state index in [0.717, 1.165) is 11.3 Å². The molecule has 0 bridgehead atoms. The molecule has 194 valence electrons. The van der Waals surface area contributed by atoms with Gasteiger partial charge in [-0.25, -0.2) is 14.6 Å². The second-order valence-corrected chi connectivity index (χ2v) is 10.7. The zero-order chi connectivity index (χ0) is 26.8. The number of nitrogens with zero attached hydrogens (tertiary/aromatic N) is 3. The number of nitrogens with two attached hydrogens (primary N) is 1. The number of carbonyl (C=O) groups excluding carboxylic acids is 4. The van der Waals surface area contributed by atoms with Gasteiger partial charge < -0.3 is 25.4 Å². The number of carbonyl (C=O) groups is 4. The van der Waals surface area contributed by atoms with E-state index in [1.807, 2.05) is 0 Å². The molecular weight excluding hydrogens is 510 g/mol. The number of oxime groups is 1. The van der Waals surface area contributed by atoms with Crippen LogP contribution in [-0.2, 0) is 33.5 Å². The molecule has 0 spiro atoms. The Labute approximate surface area is 215 Å². The van der Waals surface area contributed by atoms with E-state index in [1.54, 1.807) is 33.1 Å². The lowest BCUT2D eigenvalue weighted by Crippen LogP contribution is -2.71. The van der Waals surface area contributed by atoms with Gasteiger partial charge in [-0.05, 0) is 46.3 Å². The van der Waals surface area contributed by atoms with Crippen molar-refractivity contribution in [3.63, 3.8) is 0 Å². The van der Waals surface area contributed by atoms with Crippen molar-refractivity contribution in [1.29, 1.82) is 0 Å². The minimum absolute atomic E-state index is 0.0233. The smallest absolute Gasteiger partial charge is 0.374 e. The molecule has 0 aliphatic carbocycles. The van der Waals surface area contributed by atoms with Gasteiger partial charge in [-0.15, -0.1) is 23.1 Å². The number of thiazole rings is 1. The van der Waals surface area contributed by atoms with E-state index in [2.05, 4.69) is 15.5 Å². The SMILES string of the molecule is C/C=C(\OC(=O)C1=C(C)CS[C@@H]2[C@H](NC(=O)/C(=N\OC)c3csc(N)n3)C(=O)N12)C(=O)OC(C)(C)C. The van der Waals surface area contributed by atoms with Crippen molar-refractivity contribution < 1.29 is 33.5 Å². The lowest BCUT2D eigenvalue weighted by atomic mass is 10.0. The summed E-state index contributed by atoms with van der Waals surface area (Å²) in [4.78, 5) is 61.3. The topological polar surface area (TPSA) is 163 Å². The number of allylic oxidation sites excluding steroid dienone is 1. The Morgan fingerprint density at radius 1 is 1.33 bits per heavy atom. The number of hydrogen-bond acceptors (Lipinski definition) is 12. The maximum absolute atomic E-state index is 13.0. The molecule has 3 heterocycles. The van der Waals surface area contributed by atoms with E-state index < -0.39 is 40.8 Å². The van der Waals surface area contributed by atoms with Gasteiger partial charge >= 0.3 is 11.9 Å². The Morgan fingerprint density at radius 2 is 2.03 bits per heavy atom. The summed E-state index contributed by atoms with van der Waals surface area (Å²) in [7, 11) is 1.28. The Kier molecular flexibility index (Phi) is 8.09. The van der Waals surface area contributed by atoms with Crippen LogP contribution in [0.15, 0.2) is 33.6 Å². The van der Waals surface area contributed by atoms with Gasteiger partial charge in [-0.2, -0.15) is 0 Å². The average molecular weight is 538 g/mol. The molecule has 14 heteroatoms. The number of ether oxygens (including phenoxy) is 2. The molecule has 3 N–H and O–H groups in total. The number of esters is 2. The molecule has 36 heavy (non-hydrogen) atoms. The summed E-state index contributed by atoms with van der Waals surface area (Å²) in [5.74, 6) is -2.74. The molecule has 1 aromatic rings. The van der Waals surface area contributed by atoms with Crippen LogP contribution in [0.3, 0.4) is 0 Å². The first-order valence-corrected chi connectivity index (χ1v) is 12.7. The van der Waals surface area contributed by atoms with Crippen molar-refractivity contribution in [3.8, 4) is 0 Å². The highest BCUT2D eigenvalue weighted by atomic mass is 32.2. The number of rotatable bonds is 7. The molecule has 1 aromatic heterocycles. The predicted molar refractivity (Wildman–Crippen MR) is 133 cm³/mol. The Hall–Kier alpha value is -3.39. The second-order valence-electron chi connectivity index (χ2n) is 8.73. The highest BCUT2D eigenvalue weighted by Crippen LogP contribution is 2.40. The molecule has 0 unspecified atom stereocenters. The summed E-state index contributed by atoms with van der Waals surface area (Å²) in [5, 5.41) is 7.57. The first kappa shape index (κ1) is 27.2. The van der Waals surface area contributed by atoms with Gasteiger partial charge in [0.2, 0.25) is 5.76 Å². The first-order chi connectivity index (χ1) is 16.9. The Bertz CT molecular complexity index is 1180. The van der Waals surface area contributed by atoms with Gasteiger partial charge in [0.05, 0.1) is 0 Å². The molecule has 1 saturated heterocycles. The fourth-order valence-corrected chi connectivity index (χ4v) is 5.20. The molecule has 3 rings (SSSR count). The lowest BCUT2D eigenvalue weighted by molar-refractivity contribution is -0.159. The summed E-state index contributed by atoms with van der Waals surface area (Å²) in [6, 6.07) is -0.927. The van der Waals surface area contributed by atoms with Crippen LogP contribution >= 0.6 is 23.1 Å². The number of hydrogen-bond donors (Lipinski definition) is 2. The molecule has 2 amide bonds. The van der Waals surface area contributed by atoms with Gasteiger partial charge in [0.15, 0.2) is 10.8 Å². The molecule has 1 fully saturated rings. The van der Waals surface area contributed by atoms with E-state index >= 15 is 0 Å². The monoisotopic (exact) mass is 537 g/mol. The van der Waals surface area contributed by atoms with E-state index in [0.29, 0.717) is 11.3 Å². The van der Waals surface area contributed by atoms with Crippen LogP contribution in [0.1, 0.15) is 40.3 Å². The number of β-lactam (4-membered cyclic amide) rings is 1. The quantitative estimate of drug-likeness (QED) is 0.130. The third kappa shape index (κ3) is 5.70. The van der Waals surface area contributed by atoms with Gasteiger partial charge in [0, 0.05) is 11.1 Å². The Balaban J connectivity index is 1.74. The summed E-state index contributed by atoms with van der Waals surface area (Å²) in [5.41, 5.74) is 5.55. The van der Waals surface area contributed by atoms with Crippen molar-refractivity contribution >= 4 is 57.7 Å². The van der Waals surface area contributed by atoms with Crippen molar-refractivity contribution in [2.24, 2.45) is 5.16 Å². The zero-order valence-corrected chi connectivity index (χ0v) is 22.2. The minimum Gasteiger partial charge on any atom is -0.454 e. The number of fused-ring (bicyclic) bond motifs is 1. The van der Waals surface area contributed by atoms with Crippen molar-refractivity contribution in [2.45, 2.75) is 51.6 Å². The summed E-state index contributed by atoms with van der Waals surface area (Å²) < 4.78 is 10.6. The highest BCUT2D eigenvalue weighted by molar-refractivity contribution is 8.00. The first-order valence-electron chi connectivity index (χ1n) is 10.8. The molecule has 2 atom stereocenters. The fraction of sp³-hybridized carbons (Fsp3) is 0.455. The van der Waals surface area contributed by atoms with Gasteiger partial charge in [-0.3, -0.25) is 14.5 Å². The predicted octanol–water partition coefficient (Wildman–Crippen LogP) is 1.54. The third-order valence-electron chi connectivity index (χ3n) is 4.87. The molecule has 12 nitrogen and oxygen atoms in total. The van der Waals surface area contributed by atoms with E-state index in [9.17, 15) is 19.2 Å². The maximum Gasteiger partial charge on any atom is 0.374 e. The summed E-state index contributed by atoms with van der Waals surface area (Å²) in [6.45, 7) is 8.29. The highest BCUT2D eigenvalue weighted by Gasteiger charge is 2.54. The fourth-order valence-electron chi connectivity index (χ4n) is 3.36. The van der Waals surface area contributed by atoms with Crippen LogP contribution in [0.4, 0.5) is 5.13 Å². The van der Waals surface area contributed by atoms with Crippen LogP contribution in [-0.4, -0.2) is 69.2 Å². The zero-order valence-electron chi connectivity index (χ0n) is 20.6. The van der Waals surface area contributed by atoms with Crippen molar-refractivity contribution in [3.05, 3.63) is 34.2 Å². The molecule has 2 aliphatic heterocycles. The molecule has 0 saturated carbocycles. The number of aromatic nitrogens is 1. The second kappa shape index (κ2) is 10.7.